The molecule has 2 fully saturated rings. The van der Waals surface area contributed by atoms with Crippen molar-refractivity contribution in [1.82, 2.24) is 5.32 Å². The Morgan fingerprint density at radius 2 is 1.94 bits per heavy atom. The Morgan fingerprint density at radius 3 is 2.50 bits per heavy atom. The molecule has 104 valence electrons. The number of nitrogens with one attached hydrogen (secondary N) is 1. The standard InChI is InChI=1S/C14H25NO2S/c1-14(2)7-8-18-9-12(14)15-11-5-3-10(4-6-11)13(16)17/h10-12,15H,3-9H2,1-2H3,(H,16,17). The number of carboxylic acids is 1. The minimum absolute atomic E-state index is 0.100. The predicted molar refractivity (Wildman–Crippen MR) is 76.0 cm³/mol. The van der Waals surface area contributed by atoms with Gasteiger partial charge in [-0.2, -0.15) is 11.8 Å². The number of hydrogen-bond donors (Lipinski definition) is 2. The molecule has 1 saturated heterocycles. The summed E-state index contributed by atoms with van der Waals surface area (Å²) in [6.45, 7) is 4.71. The maximum Gasteiger partial charge on any atom is 0.306 e. The molecule has 2 rings (SSSR count). The first-order valence-electron chi connectivity index (χ1n) is 7.05. The van der Waals surface area contributed by atoms with Gasteiger partial charge in [0.2, 0.25) is 0 Å². The van der Waals surface area contributed by atoms with Crippen LogP contribution < -0.4 is 5.32 Å². The molecule has 0 spiro atoms. The predicted octanol–water partition coefficient (Wildman–Crippen LogP) is 2.75. The van der Waals surface area contributed by atoms with Crippen LogP contribution in [0.3, 0.4) is 0 Å². The Kier molecular flexibility index (Phi) is 4.59. The Bertz CT molecular complexity index is 298. The van der Waals surface area contributed by atoms with Crippen molar-refractivity contribution in [1.29, 1.82) is 0 Å². The van der Waals surface area contributed by atoms with Gasteiger partial charge in [0, 0.05) is 17.8 Å². The van der Waals surface area contributed by atoms with E-state index >= 15 is 0 Å². The molecule has 1 aliphatic heterocycles. The number of carboxylic acid groups (broad SMARTS) is 1. The van der Waals surface area contributed by atoms with Gasteiger partial charge in [-0.25, -0.2) is 0 Å². The molecule has 1 heterocycles. The van der Waals surface area contributed by atoms with Crippen molar-refractivity contribution in [2.45, 2.75) is 58.0 Å². The van der Waals surface area contributed by atoms with E-state index in [0.29, 0.717) is 17.5 Å². The molecular weight excluding hydrogens is 246 g/mol. The van der Waals surface area contributed by atoms with Crippen LogP contribution in [0.1, 0.15) is 46.0 Å². The van der Waals surface area contributed by atoms with Crippen LogP contribution in [-0.4, -0.2) is 34.7 Å². The van der Waals surface area contributed by atoms with E-state index < -0.39 is 5.97 Å². The molecule has 1 aliphatic carbocycles. The number of hydrogen-bond acceptors (Lipinski definition) is 3. The monoisotopic (exact) mass is 271 g/mol. The van der Waals surface area contributed by atoms with Crippen LogP contribution in [0.2, 0.25) is 0 Å². The number of thioether (sulfide) groups is 1. The summed E-state index contributed by atoms with van der Waals surface area (Å²) in [5.41, 5.74) is 0.384. The second kappa shape index (κ2) is 5.83. The normalized spacial score (nSPS) is 36.2. The first-order valence-corrected chi connectivity index (χ1v) is 8.21. The van der Waals surface area contributed by atoms with Crippen molar-refractivity contribution < 1.29 is 9.90 Å². The Hall–Kier alpha value is -0.220. The largest absolute Gasteiger partial charge is 0.481 e. The lowest BCUT2D eigenvalue weighted by Crippen LogP contribution is -2.51. The van der Waals surface area contributed by atoms with Crippen molar-refractivity contribution in [3.05, 3.63) is 0 Å². The van der Waals surface area contributed by atoms with Crippen LogP contribution in [0.5, 0.6) is 0 Å². The van der Waals surface area contributed by atoms with E-state index in [9.17, 15) is 4.79 Å². The molecule has 4 heteroatoms. The summed E-state index contributed by atoms with van der Waals surface area (Å²) in [6, 6.07) is 1.12. The van der Waals surface area contributed by atoms with Crippen LogP contribution in [0, 0.1) is 11.3 Å². The van der Waals surface area contributed by atoms with Gasteiger partial charge in [-0.3, -0.25) is 4.79 Å². The molecule has 3 nitrogen and oxygen atoms in total. The molecule has 0 aromatic rings. The van der Waals surface area contributed by atoms with Gasteiger partial charge < -0.3 is 10.4 Å². The second-order valence-electron chi connectivity index (χ2n) is 6.42. The molecule has 0 aromatic heterocycles. The average molecular weight is 271 g/mol. The smallest absolute Gasteiger partial charge is 0.306 e. The summed E-state index contributed by atoms with van der Waals surface area (Å²) in [4.78, 5) is 10.9. The fourth-order valence-electron chi connectivity index (χ4n) is 3.00. The van der Waals surface area contributed by atoms with Crippen molar-refractivity contribution >= 4 is 17.7 Å². The van der Waals surface area contributed by atoms with E-state index in [-0.39, 0.29) is 5.92 Å². The molecule has 0 amide bonds. The molecule has 0 bridgehead atoms. The topological polar surface area (TPSA) is 49.3 Å². The lowest BCUT2D eigenvalue weighted by atomic mass is 9.80. The zero-order chi connectivity index (χ0) is 13.2. The minimum atomic E-state index is -0.609. The van der Waals surface area contributed by atoms with E-state index in [2.05, 4.69) is 19.2 Å². The maximum absolute atomic E-state index is 10.9. The first-order chi connectivity index (χ1) is 8.49. The summed E-state index contributed by atoms with van der Waals surface area (Å²) < 4.78 is 0. The van der Waals surface area contributed by atoms with Crippen molar-refractivity contribution in [2.24, 2.45) is 11.3 Å². The Morgan fingerprint density at radius 1 is 1.28 bits per heavy atom. The molecule has 1 unspecified atom stereocenters. The third-order valence-corrected chi connectivity index (χ3v) is 5.69. The molecule has 1 saturated carbocycles. The Labute approximate surface area is 114 Å². The highest BCUT2D eigenvalue weighted by Crippen LogP contribution is 2.35. The molecular formula is C14H25NO2S. The quantitative estimate of drug-likeness (QED) is 0.828. The zero-order valence-electron chi connectivity index (χ0n) is 11.4. The van der Waals surface area contributed by atoms with E-state index in [4.69, 9.17) is 5.11 Å². The highest BCUT2D eigenvalue weighted by Gasteiger charge is 2.35. The average Bonchev–Trinajstić information content (AvgIpc) is 2.32. The van der Waals surface area contributed by atoms with Crippen LogP contribution in [-0.2, 0) is 4.79 Å². The summed E-state index contributed by atoms with van der Waals surface area (Å²) in [5, 5.41) is 12.8. The van der Waals surface area contributed by atoms with Gasteiger partial charge in [-0.1, -0.05) is 13.8 Å². The third kappa shape index (κ3) is 3.41. The van der Waals surface area contributed by atoms with E-state index in [1.165, 1.54) is 17.9 Å². The van der Waals surface area contributed by atoms with Crippen LogP contribution in [0.15, 0.2) is 0 Å². The van der Waals surface area contributed by atoms with Crippen LogP contribution in [0.4, 0.5) is 0 Å². The van der Waals surface area contributed by atoms with Gasteiger partial charge in [0.25, 0.3) is 0 Å². The van der Waals surface area contributed by atoms with E-state index in [1.807, 2.05) is 11.8 Å². The number of rotatable bonds is 3. The van der Waals surface area contributed by atoms with Crippen LogP contribution in [0.25, 0.3) is 0 Å². The Balaban J connectivity index is 1.82. The second-order valence-corrected chi connectivity index (χ2v) is 7.57. The molecule has 1 atom stereocenters. The molecule has 2 aliphatic rings. The number of aliphatic carboxylic acids is 1. The van der Waals surface area contributed by atoms with Crippen molar-refractivity contribution in [3.8, 4) is 0 Å². The summed E-state index contributed by atoms with van der Waals surface area (Å²) >= 11 is 2.04. The SMILES string of the molecule is CC1(C)CCSCC1NC1CCC(C(=O)O)CC1. The minimum Gasteiger partial charge on any atom is -0.481 e. The molecule has 18 heavy (non-hydrogen) atoms. The molecule has 0 aromatic carbocycles. The zero-order valence-corrected chi connectivity index (χ0v) is 12.3. The van der Waals surface area contributed by atoms with Gasteiger partial charge in [-0.15, -0.1) is 0 Å². The molecule has 0 radical (unpaired) electrons. The van der Waals surface area contributed by atoms with Gasteiger partial charge >= 0.3 is 5.97 Å². The van der Waals surface area contributed by atoms with E-state index in [0.717, 1.165) is 25.7 Å². The summed E-state index contributed by atoms with van der Waals surface area (Å²) in [6.07, 6.45) is 5.00. The first kappa shape index (κ1) is 14.2. The summed E-state index contributed by atoms with van der Waals surface area (Å²) in [7, 11) is 0. The van der Waals surface area contributed by atoms with Gasteiger partial charge in [0.05, 0.1) is 5.92 Å². The summed E-state index contributed by atoms with van der Waals surface area (Å²) in [5.74, 6) is 1.77. The lowest BCUT2D eigenvalue weighted by Gasteiger charge is -2.42. The lowest BCUT2D eigenvalue weighted by molar-refractivity contribution is -0.142. The van der Waals surface area contributed by atoms with Gasteiger partial charge in [0.15, 0.2) is 0 Å². The highest BCUT2D eigenvalue weighted by atomic mass is 32.2. The van der Waals surface area contributed by atoms with Gasteiger partial charge in [0.1, 0.15) is 0 Å². The van der Waals surface area contributed by atoms with E-state index in [1.54, 1.807) is 0 Å². The third-order valence-electron chi connectivity index (χ3n) is 4.63. The van der Waals surface area contributed by atoms with Crippen LogP contribution >= 0.6 is 11.8 Å². The number of carbonyl (C=O) groups is 1. The maximum atomic E-state index is 10.9. The van der Waals surface area contributed by atoms with Crippen molar-refractivity contribution in [2.75, 3.05) is 11.5 Å². The van der Waals surface area contributed by atoms with Gasteiger partial charge in [-0.05, 0) is 43.3 Å². The highest BCUT2D eigenvalue weighted by molar-refractivity contribution is 7.99. The van der Waals surface area contributed by atoms with Crippen molar-refractivity contribution in [3.63, 3.8) is 0 Å². The molecule has 2 N–H and O–H groups in total. The fraction of sp³-hybridized carbons (Fsp3) is 0.929. The fourth-order valence-corrected chi connectivity index (χ4v) is 4.62.